The van der Waals surface area contributed by atoms with Crippen LogP contribution in [0.2, 0.25) is 5.02 Å². The summed E-state index contributed by atoms with van der Waals surface area (Å²) >= 11 is 6.17. The molecule has 0 bridgehead atoms. The third kappa shape index (κ3) is 2.61. The second kappa shape index (κ2) is 5.02. The van der Waals surface area contributed by atoms with Gasteiger partial charge in [0.25, 0.3) is 0 Å². The van der Waals surface area contributed by atoms with Crippen molar-refractivity contribution < 1.29 is 14.3 Å². The fourth-order valence-electron chi connectivity index (χ4n) is 1.86. The molecule has 0 atom stereocenters. The summed E-state index contributed by atoms with van der Waals surface area (Å²) in [5, 5.41) is 9.45. The molecule has 0 aliphatic rings. The van der Waals surface area contributed by atoms with Crippen molar-refractivity contribution in [2.75, 3.05) is 0 Å². The van der Waals surface area contributed by atoms with Crippen LogP contribution in [0.15, 0.2) is 30.3 Å². The summed E-state index contributed by atoms with van der Waals surface area (Å²) in [4.78, 5) is 10.9. The van der Waals surface area contributed by atoms with Gasteiger partial charge in [0.2, 0.25) is 0 Å². The molecule has 0 aliphatic carbocycles. The first-order valence-electron chi connectivity index (χ1n) is 5.70. The molecule has 0 fully saturated rings. The number of aryl methyl sites for hydroxylation is 2. The lowest BCUT2D eigenvalue weighted by Gasteiger charge is -2.09. The summed E-state index contributed by atoms with van der Waals surface area (Å²) in [6, 6.07) is 7.66. The number of rotatable bonds is 2. The number of carboxylic acid groups (broad SMARTS) is 1. The first kappa shape index (κ1) is 13.6. The van der Waals surface area contributed by atoms with Crippen LogP contribution in [0.4, 0.5) is 4.39 Å². The van der Waals surface area contributed by atoms with Gasteiger partial charge < -0.3 is 5.11 Å². The summed E-state index contributed by atoms with van der Waals surface area (Å²) in [6.45, 7) is 3.88. The third-order valence-corrected chi connectivity index (χ3v) is 3.40. The van der Waals surface area contributed by atoms with E-state index >= 15 is 0 Å². The molecular weight excluding hydrogens is 267 g/mol. The van der Waals surface area contributed by atoms with Gasteiger partial charge in [-0.15, -0.1) is 0 Å². The van der Waals surface area contributed by atoms with Crippen molar-refractivity contribution in [3.05, 3.63) is 57.9 Å². The molecule has 0 spiro atoms. The highest BCUT2D eigenvalue weighted by Crippen LogP contribution is 2.31. The molecule has 2 rings (SSSR count). The van der Waals surface area contributed by atoms with Gasteiger partial charge >= 0.3 is 5.97 Å². The molecule has 0 amide bonds. The van der Waals surface area contributed by atoms with Crippen molar-refractivity contribution >= 4 is 17.6 Å². The smallest absolute Gasteiger partial charge is 0.338 e. The second-order valence-electron chi connectivity index (χ2n) is 4.42. The topological polar surface area (TPSA) is 37.3 Å². The molecule has 2 aromatic carbocycles. The summed E-state index contributed by atoms with van der Waals surface area (Å²) in [5.74, 6) is -2.05. The molecule has 0 aliphatic heterocycles. The lowest BCUT2D eigenvalue weighted by molar-refractivity contribution is 0.0692. The summed E-state index contributed by atoms with van der Waals surface area (Å²) in [7, 11) is 0. The van der Waals surface area contributed by atoms with E-state index in [4.69, 9.17) is 16.7 Å². The molecule has 0 unspecified atom stereocenters. The maximum Gasteiger partial charge on any atom is 0.338 e. The number of carbonyl (C=O) groups is 1. The Morgan fingerprint density at radius 1 is 1.16 bits per heavy atom. The maximum absolute atomic E-state index is 13.4. The van der Waals surface area contributed by atoms with Gasteiger partial charge in [-0.3, -0.25) is 0 Å². The number of benzene rings is 2. The summed E-state index contributed by atoms with van der Waals surface area (Å²) in [6.07, 6.45) is 0. The summed E-state index contributed by atoms with van der Waals surface area (Å²) in [5.41, 5.74) is 3.03. The van der Waals surface area contributed by atoms with E-state index in [1.807, 2.05) is 26.0 Å². The molecule has 0 heterocycles. The van der Waals surface area contributed by atoms with Gasteiger partial charge in [-0.2, -0.15) is 0 Å². The fourth-order valence-corrected chi connectivity index (χ4v) is 2.19. The fraction of sp³-hybridized carbons (Fsp3) is 0.133. The van der Waals surface area contributed by atoms with Crippen LogP contribution in [-0.2, 0) is 0 Å². The van der Waals surface area contributed by atoms with Crippen molar-refractivity contribution in [2.24, 2.45) is 0 Å². The molecule has 0 saturated carbocycles. The molecule has 19 heavy (non-hydrogen) atoms. The largest absolute Gasteiger partial charge is 0.478 e. The first-order chi connectivity index (χ1) is 8.90. The Balaban J connectivity index is 2.63. The Morgan fingerprint density at radius 3 is 2.42 bits per heavy atom. The van der Waals surface area contributed by atoms with Crippen LogP contribution in [0, 0.1) is 19.7 Å². The zero-order valence-electron chi connectivity index (χ0n) is 10.5. The molecule has 0 saturated heterocycles. The van der Waals surface area contributed by atoms with E-state index in [0.29, 0.717) is 16.1 Å². The van der Waals surface area contributed by atoms with E-state index in [-0.39, 0.29) is 5.56 Å². The van der Waals surface area contributed by atoms with Gasteiger partial charge in [0.1, 0.15) is 5.82 Å². The SMILES string of the molecule is Cc1cc(Cl)c(-c2ccc(F)c(C(=O)O)c2)cc1C. The van der Waals surface area contributed by atoms with Crippen molar-refractivity contribution in [2.45, 2.75) is 13.8 Å². The number of aromatic carboxylic acids is 1. The van der Waals surface area contributed by atoms with Crippen molar-refractivity contribution in [1.29, 1.82) is 0 Å². The van der Waals surface area contributed by atoms with Crippen molar-refractivity contribution in [3.8, 4) is 11.1 Å². The number of hydrogen-bond acceptors (Lipinski definition) is 1. The number of carboxylic acids is 1. The molecule has 4 heteroatoms. The van der Waals surface area contributed by atoms with Gasteiger partial charge in [0.05, 0.1) is 5.56 Å². The monoisotopic (exact) mass is 278 g/mol. The van der Waals surface area contributed by atoms with Gasteiger partial charge in [-0.05, 0) is 54.8 Å². The number of halogens is 2. The van der Waals surface area contributed by atoms with E-state index in [1.165, 1.54) is 12.1 Å². The molecule has 0 aromatic heterocycles. The van der Waals surface area contributed by atoms with Crippen LogP contribution in [0.5, 0.6) is 0 Å². The van der Waals surface area contributed by atoms with Gasteiger partial charge in [-0.25, -0.2) is 9.18 Å². The Morgan fingerprint density at radius 2 is 1.79 bits per heavy atom. The van der Waals surface area contributed by atoms with E-state index < -0.39 is 11.8 Å². The molecule has 1 N–H and O–H groups in total. The van der Waals surface area contributed by atoms with Crippen LogP contribution < -0.4 is 0 Å². The van der Waals surface area contributed by atoms with E-state index in [1.54, 1.807) is 0 Å². The highest BCUT2D eigenvalue weighted by atomic mass is 35.5. The Hall–Kier alpha value is -1.87. The lowest BCUT2D eigenvalue weighted by atomic mass is 9.98. The molecule has 2 nitrogen and oxygen atoms in total. The highest BCUT2D eigenvalue weighted by Gasteiger charge is 2.13. The van der Waals surface area contributed by atoms with Crippen LogP contribution in [0.25, 0.3) is 11.1 Å². The maximum atomic E-state index is 13.4. The van der Waals surface area contributed by atoms with Gasteiger partial charge in [-0.1, -0.05) is 17.7 Å². The third-order valence-electron chi connectivity index (χ3n) is 3.09. The van der Waals surface area contributed by atoms with Crippen LogP contribution in [0.3, 0.4) is 0 Å². The average molecular weight is 279 g/mol. The Bertz CT molecular complexity index is 665. The van der Waals surface area contributed by atoms with Crippen molar-refractivity contribution in [1.82, 2.24) is 0 Å². The zero-order chi connectivity index (χ0) is 14.2. The molecular formula is C15H12ClFO2. The Kier molecular flexibility index (Phi) is 3.58. The Labute approximate surface area is 115 Å². The predicted octanol–water partition coefficient (Wildman–Crippen LogP) is 4.46. The van der Waals surface area contributed by atoms with Gasteiger partial charge in [0, 0.05) is 10.6 Å². The van der Waals surface area contributed by atoms with Crippen molar-refractivity contribution in [3.63, 3.8) is 0 Å². The van der Waals surface area contributed by atoms with Crippen LogP contribution in [-0.4, -0.2) is 11.1 Å². The minimum Gasteiger partial charge on any atom is -0.478 e. The zero-order valence-corrected chi connectivity index (χ0v) is 11.3. The second-order valence-corrected chi connectivity index (χ2v) is 4.82. The van der Waals surface area contributed by atoms with E-state index in [0.717, 1.165) is 17.2 Å². The normalized spacial score (nSPS) is 10.5. The molecule has 98 valence electrons. The average Bonchev–Trinajstić information content (AvgIpc) is 2.34. The highest BCUT2D eigenvalue weighted by molar-refractivity contribution is 6.33. The minimum absolute atomic E-state index is 0.355. The van der Waals surface area contributed by atoms with Crippen LogP contribution >= 0.6 is 11.6 Å². The van der Waals surface area contributed by atoms with E-state index in [9.17, 15) is 9.18 Å². The van der Waals surface area contributed by atoms with Crippen LogP contribution in [0.1, 0.15) is 21.5 Å². The molecule has 2 aromatic rings. The van der Waals surface area contributed by atoms with Gasteiger partial charge in [0.15, 0.2) is 0 Å². The lowest BCUT2D eigenvalue weighted by Crippen LogP contribution is -2.00. The quantitative estimate of drug-likeness (QED) is 0.880. The molecule has 0 radical (unpaired) electrons. The summed E-state index contributed by atoms with van der Waals surface area (Å²) < 4.78 is 13.4. The number of hydrogen-bond donors (Lipinski definition) is 1. The standard InChI is InChI=1S/C15H12ClFO2/c1-8-5-11(13(16)6-9(8)2)10-3-4-14(17)12(7-10)15(18)19/h3-7H,1-2H3,(H,18,19). The predicted molar refractivity (Wildman–Crippen MR) is 73.3 cm³/mol. The van der Waals surface area contributed by atoms with E-state index in [2.05, 4.69) is 0 Å². The minimum atomic E-state index is -1.29. The first-order valence-corrected chi connectivity index (χ1v) is 6.08.